The fourth-order valence-corrected chi connectivity index (χ4v) is 2.32. The quantitative estimate of drug-likeness (QED) is 0.703. The fourth-order valence-electron chi connectivity index (χ4n) is 2.32. The summed E-state index contributed by atoms with van der Waals surface area (Å²) in [6.45, 7) is 3.14. The highest BCUT2D eigenvalue weighted by molar-refractivity contribution is 5.93. The van der Waals surface area contributed by atoms with E-state index in [2.05, 4.69) is 17.2 Å². The van der Waals surface area contributed by atoms with Gasteiger partial charge in [-0.05, 0) is 44.4 Å². The van der Waals surface area contributed by atoms with Crippen LogP contribution in [0.15, 0.2) is 0 Å². The van der Waals surface area contributed by atoms with Gasteiger partial charge in [-0.3, -0.25) is 4.79 Å². The summed E-state index contributed by atoms with van der Waals surface area (Å²) in [7, 11) is 0. The van der Waals surface area contributed by atoms with Crippen LogP contribution in [0.2, 0.25) is 0 Å². The van der Waals surface area contributed by atoms with Gasteiger partial charge in [0, 0.05) is 13.2 Å². The molecule has 2 rings (SSSR count). The van der Waals surface area contributed by atoms with Gasteiger partial charge >= 0.3 is 0 Å². The molecular formula is C12H17NO2. The van der Waals surface area contributed by atoms with Crippen LogP contribution in [0, 0.1) is 17.8 Å². The first kappa shape index (κ1) is 10.5. The van der Waals surface area contributed by atoms with Gasteiger partial charge in [0.05, 0.1) is 5.60 Å². The molecule has 0 radical (unpaired) electrons. The van der Waals surface area contributed by atoms with Gasteiger partial charge in [-0.2, -0.15) is 0 Å². The molecule has 1 N–H and O–H groups in total. The fraction of sp³-hybridized carbons (Fsp3) is 0.750. The number of nitrogens with one attached hydrogen (secondary N) is 1. The van der Waals surface area contributed by atoms with Crippen LogP contribution < -0.4 is 5.32 Å². The van der Waals surface area contributed by atoms with Gasteiger partial charge in [0.1, 0.15) is 0 Å². The minimum Gasteiger partial charge on any atom is -0.373 e. The lowest BCUT2D eigenvalue weighted by Gasteiger charge is -2.28. The topological polar surface area (TPSA) is 38.3 Å². The number of hydrogen-bond donors (Lipinski definition) is 1. The standard InChI is InChI=1S/C12H17NO2/c1-2-4-11(14)13-9-12(10-5-6-10)7-3-8-15-12/h10H,3,5-9H2,1H3,(H,13,14). The molecule has 1 amide bonds. The maximum Gasteiger partial charge on any atom is 0.295 e. The maximum absolute atomic E-state index is 11.2. The summed E-state index contributed by atoms with van der Waals surface area (Å²) < 4.78 is 5.83. The van der Waals surface area contributed by atoms with Crippen molar-refractivity contribution in [2.45, 2.75) is 38.2 Å². The summed E-state index contributed by atoms with van der Waals surface area (Å²) in [5, 5.41) is 2.85. The van der Waals surface area contributed by atoms with Crippen molar-refractivity contribution in [1.82, 2.24) is 5.32 Å². The lowest BCUT2D eigenvalue weighted by atomic mass is 9.94. The predicted molar refractivity (Wildman–Crippen MR) is 57.1 cm³/mol. The normalized spacial score (nSPS) is 29.4. The zero-order valence-electron chi connectivity index (χ0n) is 9.14. The van der Waals surface area contributed by atoms with Gasteiger partial charge in [-0.15, -0.1) is 0 Å². The van der Waals surface area contributed by atoms with Crippen molar-refractivity contribution in [2.75, 3.05) is 13.2 Å². The molecule has 1 atom stereocenters. The molecule has 0 aromatic rings. The smallest absolute Gasteiger partial charge is 0.295 e. The Kier molecular flexibility index (Phi) is 2.97. The molecule has 3 nitrogen and oxygen atoms in total. The third-order valence-electron chi connectivity index (χ3n) is 3.24. The van der Waals surface area contributed by atoms with E-state index in [-0.39, 0.29) is 11.5 Å². The Bertz CT molecular complexity index is 303. The third-order valence-corrected chi connectivity index (χ3v) is 3.24. The largest absolute Gasteiger partial charge is 0.373 e. The van der Waals surface area contributed by atoms with Crippen LogP contribution in [0.25, 0.3) is 0 Å². The molecule has 3 heteroatoms. The Labute approximate surface area is 90.6 Å². The third kappa shape index (κ3) is 2.32. The monoisotopic (exact) mass is 207 g/mol. The summed E-state index contributed by atoms with van der Waals surface area (Å²) in [6.07, 6.45) is 4.69. The van der Waals surface area contributed by atoms with Gasteiger partial charge in [0.25, 0.3) is 5.91 Å². The van der Waals surface area contributed by atoms with Gasteiger partial charge < -0.3 is 10.1 Å². The van der Waals surface area contributed by atoms with Crippen LogP contribution in [0.5, 0.6) is 0 Å². The molecule has 0 aromatic heterocycles. The summed E-state index contributed by atoms with van der Waals surface area (Å²) in [6, 6.07) is 0. The molecule has 1 aliphatic heterocycles. The van der Waals surface area contributed by atoms with Crippen molar-refractivity contribution in [2.24, 2.45) is 5.92 Å². The Morgan fingerprint density at radius 2 is 2.40 bits per heavy atom. The zero-order valence-corrected chi connectivity index (χ0v) is 9.14. The van der Waals surface area contributed by atoms with E-state index in [9.17, 15) is 4.79 Å². The Morgan fingerprint density at radius 1 is 1.60 bits per heavy atom. The van der Waals surface area contributed by atoms with Crippen LogP contribution in [0.4, 0.5) is 0 Å². The Hall–Kier alpha value is -1.01. The van der Waals surface area contributed by atoms with E-state index < -0.39 is 0 Å². The molecule has 0 aromatic carbocycles. The van der Waals surface area contributed by atoms with E-state index in [0.717, 1.165) is 19.4 Å². The second-order valence-corrected chi connectivity index (χ2v) is 4.35. The highest BCUT2D eigenvalue weighted by Gasteiger charge is 2.48. The average molecular weight is 207 g/mol. The van der Waals surface area contributed by atoms with Gasteiger partial charge in [0.2, 0.25) is 0 Å². The summed E-state index contributed by atoms with van der Waals surface area (Å²) >= 11 is 0. The Morgan fingerprint density at radius 3 is 2.93 bits per heavy atom. The molecule has 2 aliphatic rings. The number of carbonyl (C=O) groups excluding carboxylic acids is 1. The first-order valence-corrected chi connectivity index (χ1v) is 5.61. The number of carbonyl (C=O) groups is 1. The van der Waals surface area contributed by atoms with Crippen LogP contribution in [0.1, 0.15) is 32.6 Å². The minimum atomic E-state index is -0.187. The molecule has 0 bridgehead atoms. The number of hydrogen-bond acceptors (Lipinski definition) is 2. The molecule has 1 aliphatic carbocycles. The summed E-state index contributed by atoms with van der Waals surface area (Å²) in [4.78, 5) is 11.2. The SMILES string of the molecule is CC#CC(=O)NCC1(C2CC2)CCCO1. The highest BCUT2D eigenvalue weighted by Crippen LogP contribution is 2.46. The van der Waals surface area contributed by atoms with Gasteiger partial charge in [0.15, 0.2) is 0 Å². The molecule has 15 heavy (non-hydrogen) atoms. The van der Waals surface area contributed by atoms with Crippen molar-refractivity contribution < 1.29 is 9.53 Å². The molecule has 1 unspecified atom stereocenters. The molecule has 1 saturated heterocycles. The van der Waals surface area contributed by atoms with E-state index in [0.29, 0.717) is 12.5 Å². The van der Waals surface area contributed by atoms with Crippen molar-refractivity contribution in [3.63, 3.8) is 0 Å². The predicted octanol–water partition coefficient (Wildman–Crippen LogP) is 1.09. The first-order chi connectivity index (χ1) is 7.27. The van der Waals surface area contributed by atoms with Crippen molar-refractivity contribution in [1.29, 1.82) is 0 Å². The van der Waals surface area contributed by atoms with Crippen molar-refractivity contribution in [3.8, 4) is 11.8 Å². The molecular weight excluding hydrogens is 190 g/mol. The van der Waals surface area contributed by atoms with E-state index >= 15 is 0 Å². The molecule has 0 spiro atoms. The maximum atomic E-state index is 11.2. The first-order valence-electron chi connectivity index (χ1n) is 5.61. The van der Waals surface area contributed by atoms with Crippen LogP contribution in [-0.4, -0.2) is 24.7 Å². The Balaban J connectivity index is 1.89. The van der Waals surface area contributed by atoms with E-state index in [1.54, 1.807) is 6.92 Å². The van der Waals surface area contributed by atoms with Gasteiger partial charge in [-0.25, -0.2) is 0 Å². The van der Waals surface area contributed by atoms with Crippen LogP contribution in [0.3, 0.4) is 0 Å². The number of rotatable bonds is 3. The van der Waals surface area contributed by atoms with Crippen molar-refractivity contribution in [3.05, 3.63) is 0 Å². The average Bonchev–Trinajstić information content (AvgIpc) is 2.97. The lowest BCUT2D eigenvalue weighted by Crippen LogP contribution is -2.44. The van der Waals surface area contributed by atoms with E-state index in [1.807, 2.05) is 0 Å². The summed E-state index contributed by atoms with van der Waals surface area (Å²) in [5.74, 6) is 5.56. The minimum absolute atomic E-state index is 0.0644. The van der Waals surface area contributed by atoms with Crippen molar-refractivity contribution >= 4 is 5.91 Å². The number of ether oxygens (including phenoxy) is 1. The lowest BCUT2D eigenvalue weighted by molar-refractivity contribution is -0.117. The zero-order chi connectivity index (χ0) is 10.7. The van der Waals surface area contributed by atoms with Crippen LogP contribution in [-0.2, 0) is 9.53 Å². The highest BCUT2D eigenvalue weighted by atomic mass is 16.5. The summed E-state index contributed by atoms with van der Waals surface area (Å²) in [5.41, 5.74) is -0.0644. The molecule has 1 saturated carbocycles. The second kappa shape index (κ2) is 4.24. The second-order valence-electron chi connectivity index (χ2n) is 4.35. The van der Waals surface area contributed by atoms with Crippen LogP contribution >= 0.6 is 0 Å². The number of amides is 1. The van der Waals surface area contributed by atoms with Gasteiger partial charge in [-0.1, -0.05) is 5.92 Å². The van der Waals surface area contributed by atoms with E-state index in [1.165, 1.54) is 12.8 Å². The molecule has 82 valence electrons. The molecule has 1 heterocycles. The molecule has 2 fully saturated rings. The van der Waals surface area contributed by atoms with E-state index in [4.69, 9.17) is 4.74 Å².